The van der Waals surface area contributed by atoms with Crippen molar-refractivity contribution in [3.63, 3.8) is 0 Å². The maximum Gasteiger partial charge on any atom is 0.340 e. The number of hydrogen-bond acceptors (Lipinski definition) is 9. The number of amides is 1. The molecule has 0 atom stereocenters. The fourth-order valence-corrected chi connectivity index (χ4v) is 2.90. The van der Waals surface area contributed by atoms with E-state index in [1.165, 1.54) is 14.0 Å². The summed E-state index contributed by atoms with van der Waals surface area (Å²) in [6.45, 7) is 3.13. The molecule has 0 fully saturated rings. The summed E-state index contributed by atoms with van der Waals surface area (Å²) < 4.78 is 4.83. The average molecular weight is 436 g/mol. The Balaban J connectivity index is 1.93. The van der Waals surface area contributed by atoms with Gasteiger partial charge in [0.15, 0.2) is 0 Å². The number of carbonyl (C=O) groups is 2. The molecule has 0 spiro atoms. The summed E-state index contributed by atoms with van der Waals surface area (Å²) in [5, 5.41) is 19.9. The first-order valence-corrected chi connectivity index (χ1v) is 9.39. The van der Waals surface area contributed by atoms with E-state index in [1.807, 2.05) is 0 Å². The Kier molecular flexibility index (Phi) is 6.59. The molecule has 0 aliphatic rings. The largest absolute Gasteiger partial charge is 0.465 e. The highest BCUT2D eigenvalue weighted by Crippen LogP contribution is 2.30. The molecule has 0 radical (unpaired) electrons. The van der Waals surface area contributed by atoms with E-state index >= 15 is 0 Å². The van der Waals surface area contributed by atoms with E-state index in [9.17, 15) is 19.7 Å². The van der Waals surface area contributed by atoms with Gasteiger partial charge in [0.25, 0.3) is 0 Å². The van der Waals surface area contributed by atoms with Gasteiger partial charge in [0.2, 0.25) is 17.7 Å². The van der Waals surface area contributed by atoms with Crippen LogP contribution in [-0.4, -0.2) is 33.9 Å². The Morgan fingerprint density at radius 2 is 1.75 bits per heavy atom. The zero-order valence-electron chi connectivity index (χ0n) is 17.5. The Hall–Kier alpha value is -4.54. The van der Waals surface area contributed by atoms with Crippen LogP contribution < -0.4 is 16.0 Å². The normalized spacial score (nSPS) is 10.2. The van der Waals surface area contributed by atoms with E-state index in [1.54, 1.807) is 49.4 Å². The van der Waals surface area contributed by atoms with Gasteiger partial charge in [-0.3, -0.25) is 14.9 Å². The Labute approximate surface area is 183 Å². The first kappa shape index (κ1) is 22.2. The van der Waals surface area contributed by atoms with Crippen LogP contribution in [0.2, 0.25) is 0 Å². The molecule has 164 valence electrons. The minimum atomic E-state index is -0.623. The van der Waals surface area contributed by atoms with Gasteiger partial charge in [-0.05, 0) is 42.8 Å². The topological polar surface area (TPSA) is 148 Å². The van der Waals surface area contributed by atoms with E-state index in [0.717, 1.165) is 6.20 Å². The molecule has 1 amide bonds. The van der Waals surface area contributed by atoms with Gasteiger partial charge in [-0.1, -0.05) is 12.1 Å². The van der Waals surface area contributed by atoms with Crippen molar-refractivity contribution < 1.29 is 19.2 Å². The number of aryl methyl sites for hydroxylation is 1. The highest BCUT2D eigenvalue weighted by Gasteiger charge is 2.21. The van der Waals surface area contributed by atoms with Crippen LogP contribution in [0.1, 0.15) is 22.8 Å². The molecule has 0 unspecified atom stereocenters. The molecule has 0 saturated heterocycles. The minimum Gasteiger partial charge on any atom is -0.465 e. The molecule has 3 aromatic rings. The van der Waals surface area contributed by atoms with Crippen LogP contribution in [0.25, 0.3) is 0 Å². The molecular formula is C21H20N6O5. The van der Waals surface area contributed by atoms with Crippen molar-refractivity contribution in [2.24, 2.45) is 0 Å². The summed E-state index contributed by atoms with van der Waals surface area (Å²) in [7, 11) is 1.25. The van der Waals surface area contributed by atoms with Crippen LogP contribution in [-0.2, 0) is 9.53 Å². The lowest BCUT2D eigenvalue weighted by Crippen LogP contribution is -2.10. The molecule has 2 aromatic carbocycles. The van der Waals surface area contributed by atoms with Crippen molar-refractivity contribution in [3.8, 4) is 0 Å². The third-order valence-corrected chi connectivity index (χ3v) is 4.34. The predicted octanol–water partition coefficient (Wildman–Crippen LogP) is 3.93. The lowest BCUT2D eigenvalue weighted by molar-refractivity contribution is -0.384. The molecule has 3 rings (SSSR count). The number of carbonyl (C=O) groups excluding carboxylic acids is 2. The number of hydrogen-bond donors (Lipinski definition) is 3. The fourth-order valence-electron chi connectivity index (χ4n) is 2.90. The number of aromatic nitrogens is 2. The van der Waals surface area contributed by atoms with Crippen LogP contribution in [0, 0.1) is 17.0 Å². The first-order chi connectivity index (χ1) is 15.3. The predicted molar refractivity (Wildman–Crippen MR) is 119 cm³/mol. The van der Waals surface area contributed by atoms with Gasteiger partial charge >= 0.3 is 11.7 Å². The van der Waals surface area contributed by atoms with E-state index in [-0.39, 0.29) is 28.9 Å². The lowest BCUT2D eigenvalue weighted by atomic mass is 10.1. The van der Waals surface area contributed by atoms with Crippen molar-refractivity contribution in [2.45, 2.75) is 13.8 Å². The summed E-state index contributed by atoms with van der Waals surface area (Å²) in [5.74, 6) is -0.779. The van der Waals surface area contributed by atoms with Gasteiger partial charge in [-0.2, -0.15) is 4.98 Å². The van der Waals surface area contributed by atoms with Crippen LogP contribution in [0.15, 0.2) is 48.7 Å². The smallest absolute Gasteiger partial charge is 0.340 e. The Morgan fingerprint density at radius 1 is 1.06 bits per heavy atom. The molecule has 32 heavy (non-hydrogen) atoms. The third kappa shape index (κ3) is 5.14. The summed E-state index contributed by atoms with van der Waals surface area (Å²) in [4.78, 5) is 42.4. The standard InChI is InChI=1S/C21H20N6O5/c1-12-5-4-6-16(18(12)20(29)32-3)25-19-17(27(30)31)11-22-21(26-19)24-15-9-7-14(8-10-15)23-13(2)28/h4-11H,1-3H3,(H,23,28)(H2,22,24,25,26). The molecule has 11 heteroatoms. The Morgan fingerprint density at radius 3 is 2.38 bits per heavy atom. The van der Waals surface area contributed by atoms with E-state index in [4.69, 9.17) is 4.74 Å². The van der Waals surface area contributed by atoms with E-state index < -0.39 is 10.9 Å². The van der Waals surface area contributed by atoms with Crippen LogP contribution in [0.5, 0.6) is 0 Å². The molecular weight excluding hydrogens is 416 g/mol. The second-order valence-electron chi connectivity index (χ2n) is 6.68. The van der Waals surface area contributed by atoms with Crippen molar-refractivity contribution in [3.05, 3.63) is 69.9 Å². The SMILES string of the molecule is COC(=O)c1c(C)cccc1Nc1nc(Nc2ccc(NC(C)=O)cc2)ncc1[N+](=O)[O-]. The summed E-state index contributed by atoms with van der Waals surface area (Å²) in [6.07, 6.45) is 1.07. The molecule has 1 heterocycles. The molecule has 0 aliphatic carbocycles. The number of benzene rings is 2. The van der Waals surface area contributed by atoms with Gasteiger partial charge < -0.3 is 20.7 Å². The number of methoxy groups -OCH3 is 1. The fraction of sp³-hybridized carbons (Fsp3) is 0.143. The number of nitro groups is 1. The quantitative estimate of drug-likeness (QED) is 0.284. The van der Waals surface area contributed by atoms with Gasteiger partial charge in [0.05, 0.1) is 23.3 Å². The highest BCUT2D eigenvalue weighted by molar-refractivity contribution is 5.98. The van der Waals surface area contributed by atoms with Gasteiger partial charge in [0.1, 0.15) is 6.20 Å². The zero-order chi connectivity index (χ0) is 23.3. The molecule has 0 bridgehead atoms. The lowest BCUT2D eigenvalue weighted by Gasteiger charge is -2.13. The van der Waals surface area contributed by atoms with Crippen LogP contribution in [0.4, 0.5) is 34.5 Å². The second-order valence-corrected chi connectivity index (χ2v) is 6.68. The first-order valence-electron chi connectivity index (χ1n) is 9.39. The summed E-state index contributed by atoms with van der Waals surface area (Å²) in [5.41, 5.74) is 2.04. The van der Waals surface area contributed by atoms with Gasteiger partial charge in [-0.25, -0.2) is 9.78 Å². The number of anilines is 5. The summed E-state index contributed by atoms with van der Waals surface area (Å²) >= 11 is 0. The monoisotopic (exact) mass is 436 g/mol. The van der Waals surface area contributed by atoms with Crippen molar-refractivity contribution in [2.75, 3.05) is 23.1 Å². The maximum absolute atomic E-state index is 12.2. The number of nitrogens with one attached hydrogen (secondary N) is 3. The average Bonchev–Trinajstić information content (AvgIpc) is 2.74. The number of ether oxygens (including phenoxy) is 1. The van der Waals surface area contributed by atoms with E-state index in [2.05, 4.69) is 25.9 Å². The molecule has 11 nitrogen and oxygen atoms in total. The second kappa shape index (κ2) is 9.51. The third-order valence-electron chi connectivity index (χ3n) is 4.34. The molecule has 0 aliphatic heterocycles. The van der Waals surface area contributed by atoms with E-state index in [0.29, 0.717) is 22.6 Å². The number of esters is 1. The van der Waals surface area contributed by atoms with Crippen LogP contribution in [0.3, 0.4) is 0 Å². The van der Waals surface area contributed by atoms with Crippen molar-refractivity contribution in [1.82, 2.24) is 9.97 Å². The minimum absolute atomic E-state index is 0.0950. The number of rotatable bonds is 7. The molecule has 3 N–H and O–H groups in total. The summed E-state index contributed by atoms with van der Waals surface area (Å²) in [6, 6.07) is 11.8. The highest BCUT2D eigenvalue weighted by atomic mass is 16.6. The van der Waals surface area contributed by atoms with Crippen molar-refractivity contribution in [1.29, 1.82) is 0 Å². The molecule has 1 aromatic heterocycles. The molecule has 0 saturated carbocycles. The van der Waals surface area contributed by atoms with Crippen LogP contribution >= 0.6 is 0 Å². The van der Waals surface area contributed by atoms with Gasteiger partial charge in [-0.15, -0.1) is 0 Å². The zero-order valence-corrected chi connectivity index (χ0v) is 17.5. The Bertz CT molecular complexity index is 1180. The van der Waals surface area contributed by atoms with Gasteiger partial charge in [0, 0.05) is 18.3 Å². The van der Waals surface area contributed by atoms with Crippen molar-refractivity contribution >= 4 is 46.4 Å². The number of nitrogens with zero attached hydrogens (tertiary/aromatic N) is 3. The maximum atomic E-state index is 12.2.